The molecule has 0 amide bonds. The van der Waals surface area contributed by atoms with Gasteiger partial charge in [0.25, 0.3) is 0 Å². The first kappa shape index (κ1) is 9.92. The van der Waals surface area contributed by atoms with Gasteiger partial charge in [0.05, 0.1) is 13.3 Å². The van der Waals surface area contributed by atoms with Crippen LogP contribution in [0.4, 0.5) is 4.39 Å². The summed E-state index contributed by atoms with van der Waals surface area (Å²) in [5.74, 6) is 0. The smallest absolute Gasteiger partial charge is 0.0935 e. The van der Waals surface area contributed by atoms with Crippen molar-refractivity contribution in [2.75, 3.05) is 6.67 Å². The van der Waals surface area contributed by atoms with Gasteiger partial charge in [0.2, 0.25) is 0 Å². The summed E-state index contributed by atoms with van der Waals surface area (Å²) in [5, 5.41) is 8.81. The molecule has 0 aliphatic rings. The van der Waals surface area contributed by atoms with Gasteiger partial charge in [-0.2, -0.15) is 0 Å². The SMILES string of the molecule is OCc1ccc(CCF)c(I)c1. The second kappa shape index (κ2) is 4.77. The predicted octanol–water partition coefficient (Wildman–Crippen LogP) is 2.30. The van der Waals surface area contributed by atoms with E-state index in [-0.39, 0.29) is 13.3 Å². The van der Waals surface area contributed by atoms with Crippen LogP contribution in [0.25, 0.3) is 0 Å². The zero-order chi connectivity index (χ0) is 8.97. The molecule has 0 unspecified atom stereocenters. The first-order valence-corrected chi connectivity index (χ1v) is 4.80. The summed E-state index contributed by atoms with van der Waals surface area (Å²) >= 11 is 2.15. The van der Waals surface area contributed by atoms with Crippen LogP contribution < -0.4 is 0 Å². The minimum atomic E-state index is -0.325. The van der Waals surface area contributed by atoms with Gasteiger partial charge in [-0.3, -0.25) is 4.39 Å². The zero-order valence-corrected chi connectivity index (χ0v) is 8.71. The molecule has 0 aliphatic heterocycles. The largest absolute Gasteiger partial charge is 0.392 e. The Morgan fingerprint density at radius 3 is 2.67 bits per heavy atom. The lowest BCUT2D eigenvalue weighted by Gasteiger charge is -2.03. The fraction of sp³-hybridized carbons (Fsp3) is 0.333. The van der Waals surface area contributed by atoms with Crippen molar-refractivity contribution in [3.8, 4) is 0 Å². The Morgan fingerprint density at radius 2 is 2.17 bits per heavy atom. The van der Waals surface area contributed by atoms with Crippen LogP contribution >= 0.6 is 22.6 Å². The van der Waals surface area contributed by atoms with Crippen LogP contribution in [-0.4, -0.2) is 11.8 Å². The van der Waals surface area contributed by atoms with Gasteiger partial charge >= 0.3 is 0 Å². The number of alkyl halides is 1. The summed E-state index contributed by atoms with van der Waals surface area (Å²) in [4.78, 5) is 0. The molecule has 1 N–H and O–H groups in total. The minimum Gasteiger partial charge on any atom is -0.392 e. The first-order chi connectivity index (χ1) is 5.77. The van der Waals surface area contributed by atoms with E-state index in [0.717, 1.165) is 14.7 Å². The second-order valence-electron chi connectivity index (χ2n) is 2.52. The summed E-state index contributed by atoms with van der Waals surface area (Å²) < 4.78 is 13.0. The molecule has 1 rings (SSSR count). The molecule has 0 aromatic heterocycles. The number of aliphatic hydroxyl groups is 1. The molecule has 0 bridgehead atoms. The van der Waals surface area contributed by atoms with Gasteiger partial charge in [0, 0.05) is 9.99 Å². The lowest BCUT2D eigenvalue weighted by Crippen LogP contribution is -1.93. The van der Waals surface area contributed by atoms with Crippen LogP contribution in [0.2, 0.25) is 0 Å². The molecule has 1 aromatic carbocycles. The van der Waals surface area contributed by atoms with E-state index in [0.29, 0.717) is 6.42 Å². The Hall–Kier alpha value is -0.160. The third-order valence-electron chi connectivity index (χ3n) is 1.66. The number of rotatable bonds is 3. The third-order valence-corrected chi connectivity index (χ3v) is 2.67. The number of benzene rings is 1. The lowest BCUT2D eigenvalue weighted by atomic mass is 10.1. The van der Waals surface area contributed by atoms with Crippen molar-refractivity contribution in [2.24, 2.45) is 0 Å². The average molecular weight is 280 g/mol. The normalized spacial score (nSPS) is 10.2. The topological polar surface area (TPSA) is 20.2 Å². The maximum atomic E-state index is 12.0. The van der Waals surface area contributed by atoms with Crippen molar-refractivity contribution in [3.05, 3.63) is 32.9 Å². The molecule has 0 saturated heterocycles. The predicted molar refractivity (Wildman–Crippen MR) is 54.8 cm³/mol. The number of aryl methyl sites for hydroxylation is 1. The number of hydrogen-bond donors (Lipinski definition) is 1. The highest BCUT2D eigenvalue weighted by Crippen LogP contribution is 2.15. The molecule has 12 heavy (non-hydrogen) atoms. The summed E-state index contributed by atoms with van der Waals surface area (Å²) in [7, 11) is 0. The van der Waals surface area contributed by atoms with Crippen LogP contribution in [0.15, 0.2) is 18.2 Å². The van der Waals surface area contributed by atoms with Gasteiger partial charge in [-0.05, 0) is 39.8 Å². The number of aliphatic hydroxyl groups excluding tert-OH is 1. The second-order valence-corrected chi connectivity index (χ2v) is 3.69. The standard InChI is InChI=1S/C9H10FIO/c10-4-3-8-2-1-7(6-12)5-9(8)11/h1-2,5,12H,3-4,6H2. The Morgan fingerprint density at radius 1 is 1.42 bits per heavy atom. The average Bonchev–Trinajstić information content (AvgIpc) is 2.09. The van der Waals surface area contributed by atoms with E-state index in [1.165, 1.54) is 0 Å². The Bertz CT molecular complexity index is 263. The highest BCUT2D eigenvalue weighted by atomic mass is 127. The van der Waals surface area contributed by atoms with Gasteiger partial charge in [0.15, 0.2) is 0 Å². The number of hydrogen-bond acceptors (Lipinski definition) is 1. The van der Waals surface area contributed by atoms with Crippen molar-refractivity contribution in [3.63, 3.8) is 0 Å². The summed E-state index contributed by atoms with van der Waals surface area (Å²) in [6.45, 7) is -0.277. The summed E-state index contributed by atoms with van der Waals surface area (Å²) in [5.41, 5.74) is 1.89. The quantitative estimate of drug-likeness (QED) is 0.842. The fourth-order valence-corrected chi connectivity index (χ4v) is 1.84. The van der Waals surface area contributed by atoms with E-state index in [4.69, 9.17) is 5.11 Å². The molecule has 1 nitrogen and oxygen atoms in total. The minimum absolute atomic E-state index is 0.0475. The Balaban J connectivity index is 2.87. The van der Waals surface area contributed by atoms with E-state index in [1.807, 2.05) is 18.2 Å². The molecule has 0 radical (unpaired) electrons. The van der Waals surface area contributed by atoms with Crippen molar-refractivity contribution < 1.29 is 9.50 Å². The lowest BCUT2D eigenvalue weighted by molar-refractivity contribution is 0.281. The van der Waals surface area contributed by atoms with E-state index < -0.39 is 0 Å². The van der Waals surface area contributed by atoms with Crippen molar-refractivity contribution >= 4 is 22.6 Å². The molecule has 0 atom stereocenters. The van der Waals surface area contributed by atoms with E-state index in [1.54, 1.807) is 0 Å². The highest BCUT2D eigenvalue weighted by molar-refractivity contribution is 14.1. The van der Waals surface area contributed by atoms with E-state index in [2.05, 4.69) is 22.6 Å². The molecule has 0 aliphatic carbocycles. The van der Waals surface area contributed by atoms with Gasteiger partial charge in [0.1, 0.15) is 0 Å². The monoisotopic (exact) mass is 280 g/mol. The molecular weight excluding hydrogens is 270 g/mol. The maximum absolute atomic E-state index is 12.0. The molecule has 0 fully saturated rings. The molecule has 0 spiro atoms. The molecule has 0 heterocycles. The molecule has 66 valence electrons. The molecule has 0 saturated carbocycles. The van der Waals surface area contributed by atoms with Gasteiger partial charge in [-0.15, -0.1) is 0 Å². The fourth-order valence-electron chi connectivity index (χ4n) is 0.994. The van der Waals surface area contributed by atoms with Gasteiger partial charge in [-0.25, -0.2) is 0 Å². The van der Waals surface area contributed by atoms with Crippen LogP contribution in [0.5, 0.6) is 0 Å². The summed E-state index contributed by atoms with van der Waals surface area (Å²) in [6.07, 6.45) is 0.462. The highest BCUT2D eigenvalue weighted by Gasteiger charge is 2.00. The van der Waals surface area contributed by atoms with Crippen LogP contribution in [0, 0.1) is 3.57 Å². The van der Waals surface area contributed by atoms with Crippen LogP contribution in [0.3, 0.4) is 0 Å². The molecule has 3 heteroatoms. The summed E-state index contributed by atoms with van der Waals surface area (Å²) in [6, 6.07) is 5.58. The van der Waals surface area contributed by atoms with Crippen LogP contribution in [0.1, 0.15) is 11.1 Å². The van der Waals surface area contributed by atoms with Gasteiger partial charge < -0.3 is 5.11 Å². The van der Waals surface area contributed by atoms with Gasteiger partial charge in [-0.1, -0.05) is 12.1 Å². The molecular formula is C9H10FIO. The van der Waals surface area contributed by atoms with Crippen molar-refractivity contribution in [1.29, 1.82) is 0 Å². The Labute approximate surface area is 84.7 Å². The van der Waals surface area contributed by atoms with Crippen molar-refractivity contribution in [1.82, 2.24) is 0 Å². The van der Waals surface area contributed by atoms with E-state index >= 15 is 0 Å². The third kappa shape index (κ3) is 2.42. The zero-order valence-electron chi connectivity index (χ0n) is 6.56. The number of halogens is 2. The Kier molecular flexibility index (Phi) is 3.94. The molecule has 1 aromatic rings. The van der Waals surface area contributed by atoms with Crippen molar-refractivity contribution in [2.45, 2.75) is 13.0 Å². The van der Waals surface area contributed by atoms with Crippen LogP contribution in [-0.2, 0) is 13.0 Å². The van der Waals surface area contributed by atoms with E-state index in [9.17, 15) is 4.39 Å². The maximum Gasteiger partial charge on any atom is 0.0935 e. The first-order valence-electron chi connectivity index (χ1n) is 3.72.